The Balaban J connectivity index is 1.76. The molecule has 0 radical (unpaired) electrons. The van der Waals surface area contributed by atoms with E-state index in [1.165, 1.54) is 22.5 Å². The Kier molecular flexibility index (Phi) is 5.40. The van der Waals surface area contributed by atoms with E-state index >= 15 is 0 Å². The van der Waals surface area contributed by atoms with Crippen molar-refractivity contribution in [3.63, 3.8) is 0 Å². The molecule has 0 saturated heterocycles. The number of aromatic nitrogens is 2. The number of nitrogen functional groups attached to an aromatic ring is 1. The van der Waals surface area contributed by atoms with Gasteiger partial charge in [0.2, 0.25) is 11.0 Å². The molecule has 0 saturated carbocycles. The van der Waals surface area contributed by atoms with Crippen molar-refractivity contribution < 1.29 is 4.79 Å². The van der Waals surface area contributed by atoms with Gasteiger partial charge in [0.05, 0.1) is 6.54 Å². The fourth-order valence-electron chi connectivity index (χ4n) is 2.84. The fraction of sp³-hybridized carbons (Fsp3) is 0.211. The summed E-state index contributed by atoms with van der Waals surface area (Å²) in [5, 5.41) is 11.7. The van der Waals surface area contributed by atoms with Gasteiger partial charge in [-0.2, -0.15) is 0 Å². The maximum Gasteiger partial charge on any atom is 0.221 e. The lowest BCUT2D eigenvalue weighted by Crippen LogP contribution is -2.25. The van der Waals surface area contributed by atoms with Gasteiger partial charge in [-0.15, -0.1) is 10.2 Å². The Hall–Kier alpha value is -2.73. The number of nitrogens with zero attached hydrogens (tertiary/aromatic N) is 2. The molecule has 6 heteroatoms. The van der Waals surface area contributed by atoms with Crippen LogP contribution in [0.2, 0.25) is 0 Å². The van der Waals surface area contributed by atoms with Gasteiger partial charge in [-0.1, -0.05) is 65.9 Å². The van der Waals surface area contributed by atoms with Crippen molar-refractivity contribution in [2.45, 2.75) is 25.8 Å². The van der Waals surface area contributed by atoms with E-state index in [0.29, 0.717) is 23.1 Å². The van der Waals surface area contributed by atoms with Crippen LogP contribution in [0.4, 0.5) is 5.13 Å². The molecule has 5 nitrogen and oxygen atoms in total. The van der Waals surface area contributed by atoms with Gasteiger partial charge in [0.15, 0.2) is 0 Å². The maximum absolute atomic E-state index is 12.5. The van der Waals surface area contributed by atoms with Crippen LogP contribution in [0, 0.1) is 6.92 Å². The van der Waals surface area contributed by atoms with E-state index in [4.69, 9.17) is 5.73 Å². The molecule has 1 aromatic heterocycles. The quantitative estimate of drug-likeness (QED) is 0.713. The largest absolute Gasteiger partial charge is 0.374 e. The van der Waals surface area contributed by atoms with Crippen molar-refractivity contribution in [3.8, 4) is 0 Å². The highest BCUT2D eigenvalue weighted by Gasteiger charge is 2.19. The number of aryl methyl sites for hydroxylation is 1. The number of nitrogens with one attached hydrogen (secondary N) is 1. The van der Waals surface area contributed by atoms with E-state index in [2.05, 4.69) is 46.7 Å². The van der Waals surface area contributed by atoms with Gasteiger partial charge in [-0.05, 0) is 23.6 Å². The van der Waals surface area contributed by atoms with Crippen molar-refractivity contribution >= 4 is 22.4 Å². The van der Waals surface area contributed by atoms with Gasteiger partial charge in [-0.3, -0.25) is 4.79 Å². The first-order valence-corrected chi connectivity index (χ1v) is 8.90. The summed E-state index contributed by atoms with van der Waals surface area (Å²) in [7, 11) is 0. The van der Waals surface area contributed by atoms with Crippen molar-refractivity contribution in [2.75, 3.05) is 5.73 Å². The number of carbonyl (C=O) groups excluding carboxylic acids is 1. The molecule has 3 N–H and O–H groups in total. The zero-order valence-corrected chi connectivity index (χ0v) is 14.8. The molecule has 0 aliphatic carbocycles. The number of carbonyl (C=O) groups is 1. The molecule has 0 aliphatic rings. The highest BCUT2D eigenvalue weighted by atomic mass is 32.1. The van der Waals surface area contributed by atoms with Gasteiger partial charge >= 0.3 is 0 Å². The SMILES string of the molecule is Cc1ccccc1[C@@H](CC(=O)NCc1nnc(N)s1)c1ccccc1. The van der Waals surface area contributed by atoms with Crippen LogP contribution in [0.5, 0.6) is 0 Å². The monoisotopic (exact) mass is 352 g/mol. The second kappa shape index (κ2) is 7.90. The minimum atomic E-state index is -0.0223. The first-order valence-electron chi connectivity index (χ1n) is 8.08. The molecule has 0 spiro atoms. The van der Waals surface area contributed by atoms with Crippen LogP contribution in [0.15, 0.2) is 54.6 Å². The number of anilines is 1. The Labute approximate surface area is 150 Å². The lowest BCUT2D eigenvalue weighted by Gasteiger charge is -2.19. The lowest BCUT2D eigenvalue weighted by molar-refractivity contribution is -0.121. The van der Waals surface area contributed by atoms with Crippen molar-refractivity contribution in [1.29, 1.82) is 0 Å². The van der Waals surface area contributed by atoms with E-state index < -0.39 is 0 Å². The average Bonchev–Trinajstić information content (AvgIpc) is 3.05. The molecule has 1 atom stereocenters. The molecule has 0 fully saturated rings. The predicted octanol–water partition coefficient (Wildman–Crippen LogP) is 3.27. The van der Waals surface area contributed by atoms with Crippen LogP contribution in [-0.4, -0.2) is 16.1 Å². The Bertz CT molecular complexity index is 847. The smallest absolute Gasteiger partial charge is 0.221 e. The third-order valence-corrected chi connectivity index (χ3v) is 4.83. The number of hydrogen-bond donors (Lipinski definition) is 2. The van der Waals surface area contributed by atoms with E-state index in [1.807, 2.05) is 30.3 Å². The van der Waals surface area contributed by atoms with E-state index in [9.17, 15) is 4.79 Å². The molecular formula is C19H20N4OS. The molecule has 2 aromatic carbocycles. The number of rotatable bonds is 6. The molecule has 3 rings (SSSR count). The molecule has 0 aliphatic heterocycles. The molecule has 1 amide bonds. The number of nitrogens with two attached hydrogens (primary N) is 1. The van der Waals surface area contributed by atoms with Crippen LogP contribution in [0.25, 0.3) is 0 Å². The highest BCUT2D eigenvalue weighted by Crippen LogP contribution is 2.30. The first kappa shape index (κ1) is 17.1. The summed E-state index contributed by atoms with van der Waals surface area (Å²) in [6.07, 6.45) is 0.378. The summed E-state index contributed by atoms with van der Waals surface area (Å²) in [5.41, 5.74) is 9.05. The second-order valence-electron chi connectivity index (χ2n) is 5.83. The minimum Gasteiger partial charge on any atom is -0.374 e. The molecule has 128 valence electrons. The Morgan fingerprint density at radius 3 is 2.52 bits per heavy atom. The van der Waals surface area contributed by atoms with Gasteiger partial charge in [0.25, 0.3) is 0 Å². The second-order valence-corrected chi connectivity index (χ2v) is 6.93. The van der Waals surface area contributed by atoms with E-state index in [-0.39, 0.29) is 11.8 Å². The standard InChI is InChI=1S/C19H20N4OS/c1-13-7-5-6-10-15(13)16(14-8-3-2-4-9-14)11-17(24)21-12-18-22-23-19(20)25-18/h2-10,16H,11-12H2,1H3,(H2,20,23)(H,21,24)/t16-/m0/s1. The van der Waals surface area contributed by atoms with Gasteiger partial charge in [0.1, 0.15) is 5.01 Å². The Morgan fingerprint density at radius 1 is 1.12 bits per heavy atom. The van der Waals surface area contributed by atoms with Gasteiger partial charge < -0.3 is 11.1 Å². The third-order valence-electron chi connectivity index (χ3n) is 4.07. The lowest BCUT2D eigenvalue weighted by atomic mass is 9.86. The first-order chi connectivity index (χ1) is 12.1. The van der Waals surface area contributed by atoms with Crippen LogP contribution >= 0.6 is 11.3 Å². The van der Waals surface area contributed by atoms with Gasteiger partial charge in [-0.25, -0.2) is 0 Å². The minimum absolute atomic E-state index is 0.0156. The highest BCUT2D eigenvalue weighted by molar-refractivity contribution is 7.15. The van der Waals surface area contributed by atoms with E-state index in [1.54, 1.807) is 0 Å². The van der Waals surface area contributed by atoms with Crippen molar-refractivity contribution in [2.24, 2.45) is 0 Å². The molecular weight excluding hydrogens is 332 g/mol. The number of amides is 1. The van der Waals surface area contributed by atoms with E-state index in [0.717, 1.165) is 5.56 Å². The topological polar surface area (TPSA) is 80.9 Å². The van der Waals surface area contributed by atoms with Crippen LogP contribution in [0.3, 0.4) is 0 Å². The zero-order valence-electron chi connectivity index (χ0n) is 14.0. The normalized spacial score (nSPS) is 11.9. The van der Waals surface area contributed by atoms with Crippen molar-refractivity contribution in [1.82, 2.24) is 15.5 Å². The van der Waals surface area contributed by atoms with Gasteiger partial charge in [0, 0.05) is 12.3 Å². The fourth-order valence-corrected chi connectivity index (χ4v) is 3.39. The molecule has 1 heterocycles. The summed E-state index contributed by atoms with van der Waals surface area (Å²) in [6.45, 7) is 2.43. The summed E-state index contributed by atoms with van der Waals surface area (Å²) >= 11 is 1.28. The molecule has 3 aromatic rings. The average molecular weight is 352 g/mol. The third kappa shape index (κ3) is 4.42. The zero-order chi connectivity index (χ0) is 17.6. The summed E-state index contributed by atoms with van der Waals surface area (Å²) in [5.74, 6) is -0.00670. The molecule has 0 unspecified atom stereocenters. The number of hydrogen-bond acceptors (Lipinski definition) is 5. The van der Waals surface area contributed by atoms with Crippen molar-refractivity contribution in [3.05, 3.63) is 76.3 Å². The maximum atomic E-state index is 12.5. The molecule has 0 bridgehead atoms. The van der Waals surface area contributed by atoms with Crippen LogP contribution in [0.1, 0.15) is 34.0 Å². The summed E-state index contributed by atoms with van der Waals surface area (Å²) in [4.78, 5) is 12.5. The van der Waals surface area contributed by atoms with Crippen LogP contribution in [-0.2, 0) is 11.3 Å². The number of benzene rings is 2. The summed E-state index contributed by atoms with van der Waals surface area (Å²) in [6, 6.07) is 18.3. The Morgan fingerprint density at radius 2 is 1.84 bits per heavy atom. The predicted molar refractivity (Wildman–Crippen MR) is 100 cm³/mol. The molecule has 25 heavy (non-hydrogen) atoms. The summed E-state index contributed by atoms with van der Waals surface area (Å²) < 4.78 is 0. The van der Waals surface area contributed by atoms with Crippen LogP contribution < -0.4 is 11.1 Å².